The molecule has 2 aliphatic rings. The summed E-state index contributed by atoms with van der Waals surface area (Å²) in [6.45, 7) is 5.72. The van der Waals surface area contributed by atoms with Crippen molar-refractivity contribution in [2.75, 3.05) is 20.1 Å². The number of nitrogens with zero attached hydrogens (tertiary/aromatic N) is 2. The Morgan fingerprint density at radius 2 is 2.12 bits per heavy atom. The highest BCUT2D eigenvalue weighted by Crippen LogP contribution is 2.34. The van der Waals surface area contributed by atoms with Gasteiger partial charge in [0, 0.05) is 38.8 Å². The van der Waals surface area contributed by atoms with Crippen molar-refractivity contribution < 1.29 is 0 Å². The first-order valence-corrected chi connectivity index (χ1v) is 9.96. The first kappa shape index (κ1) is 20.0. The predicted molar refractivity (Wildman–Crippen MR) is 114 cm³/mol. The third kappa shape index (κ3) is 5.88. The minimum Gasteiger partial charge on any atom is -0.354 e. The number of thiophene rings is 1. The van der Waals surface area contributed by atoms with E-state index in [1.807, 2.05) is 7.05 Å². The smallest absolute Gasteiger partial charge is 0.191 e. The molecule has 0 spiro atoms. The van der Waals surface area contributed by atoms with Crippen molar-refractivity contribution in [2.45, 2.75) is 57.7 Å². The SMILES string of the molecule is CCCC1CC1NC(=NC)NC1CCN(Cc2ccsc2)CC1.I. The Hall–Kier alpha value is -0.340. The second kappa shape index (κ2) is 9.97. The number of guanidine groups is 1. The summed E-state index contributed by atoms with van der Waals surface area (Å²) in [7, 11) is 1.89. The van der Waals surface area contributed by atoms with Crippen molar-refractivity contribution in [3.05, 3.63) is 22.4 Å². The number of aliphatic imine (C=N–C) groups is 1. The van der Waals surface area contributed by atoms with Crippen LogP contribution in [0.5, 0.6) is 0 Å². The van der Waals surface area contributed by atoms with Crippen LogP contribution in [-0.2, 0) is 6.54 Å². The van der Waals surface area contributed by atoms with Gasteiger partial charge in [0.15, 0.2) is 5.96 Å². The third-order valence-corrected chi connectivity index (χ3v) is 5.77. The fraction of sp³-hybridized carbons (Fsp3) is 0.722. The molecule has 0 aromatic carbocycles. The van der Waals surface area contributed by atoms with E-state index in [9.17, 15) is 0 Å². The molecule has 1 saturated carbocycles. The topological polar surface area (TPSA) is 39.7 Å². The van der Waals surface area contributed by atoms with E-state index in [0.29, 0.717) is 12.1 Å². The molecule has 0 amide bonds. The molecule has 2 unspecified atom stereocenters. The fourth-order valence-electron chi connectivity index (χ4n) is 3.53. The predicted octanol–water partition coefficient (Wildman–Crippen LogP) is 3.68. The number of nitrogens with one attached hydrogen (secondary N) is 2. The molecule has 2 N–H and O–H groups in total. The molecule has 2 atom stereocenters. The molecule has 24 heavy (non-hydrogen) atoms. The maximum absolute atomic E-state index is 4.42. The molecule has 1 aliphatic heterocycles. The molecular weight excluding hydrogens is 431 g/mol. The zero-order valence-corrected chi connectivity index (χ0v) is 18.0. The van der Waals surface area contributed by atoms with E-state index >= 15 is 0 Å². The zero-order chi connectivity index (χ0) is 16.1. The van der Waals surface area contributed by atoms with Gasteiger partial charge in [0.05, 0.1) is 0 Å². The van der Waals surface area contributed by atoms with Crippen LogP contribution in [0.2, 0.25) is 0 Å². The van der Waals surface area contributed by atoms with Crippen LogP contribution in [0.15, 0.2) is 21.8 Å². The monoisotopic (exact) mass is 462 g/mol. The third-order valence-electron chi connectivity index (χ3n) is 5.04. The van der Waals surface area contributed by atoms with Gasteiger partial charge in [0.2, 0.25) is 0 Å². The summed E-state index contributed by atoms with van der Waals surface area (Å²) >= 11 is 1.79. The van der Waals surface area contributed by atoms with Gasteiger partial charge in [-0.25, -0.2) is 0 Å². The fourth-order valence-corrected chi connectivity index (χ4v) is 4.19. The Bertz CT molecular complexity index is 497. The van der Waals surface area contributed by atoms with Gasteiger partial charge in [-0.1, -0.05) is 13.3 Å². The number of piperidine rings is 1. The van der Waals surface area contributed by atoms with Gasteiger partial charge < -0.3 is 10.6 Å². The summed E-state index contributed by atoms with van der Waals surface area (Å²) in [5.41, 5.74) is 1.45. The van der Waals surface area contributed by atoms with E-state index < -0.39 is 0 Å². The highest BCUT2D eigenvalue weighted by molar-refractivity contribution is 14.0. The molecule has 1 aliphatic carbocycles. The molecule has 0 bridgehead atoms. The van der Waals surface area contributed by atoms with E-state index in [1.165, 1.54) is 50.8 Å². The van der Waals surface area contributed by atoms with E-state index in [4.69, 9.17) is 0 Å². The molecule has 2 fully saturated rings. The van der Waals surface area contributed by atoms with Crippen LogP contribution >= 0.6 is 35.3 Å². The lowest BCUT2D eigenvalue weighted by Crippen LogP contribution is -2.49. The molecule has 3 rings (SSSR count). The van der Waals surface area contributed by atoms with E-state index in [-0.39, 0.29) is 24.0 Å². The van der Waals surface area contributed by atoms with Crippen LogP contribution < -0.4 is 10.6 Å². The highest BCUT2D eigenvalue weighted by atomic mass is 127. The standard InChI is InChI=1S/C18H30N4S.HI/c1-3-4-15-11-17(15)21-18(19-2)20-16-5-8-22(9-6-16)12-14-7-10-23-13-14;/h7,10,13,15-17H,3-6,8-9,11-12H2,1-2H3,(H2,19,20,21);1H. The summed E-state index contributed by atoms with van der Waals surface area (Å²) in [5.74, 6) is 1.87. The number of halogens is 1. The summed E-state index contributed by atoms with van der Waals surface area (Å²) < 4.78 is 0. The Balaban J connectivity index is 0.00000208. The minimum atomic E-state index is 0. The maximum atomic E-state index is 4.42. The van der Waals surface area contributed by atoms with Crippen LogP contribution in [0, 0.1) is 5.92 Å². The molecule has 4 nitrogen and oxygen atoms in total. The van der Waals surface area contributed by atoms with Crippen molar-refractivity contribution in [1.82, 2.24) is 15.5 Å². The van der Waals surface area contributed by atoms with Crippen LogP contribution in [0.25, 0.3) is 0 Å². The molecule has 0 radical (unpaired) electrons. The quantitative estimate of drug-likeness (QED) is 0.385. The van der Waals surface area contributed by atoms with E-state index in [1.54, 1.807) is 11.3 Å². The summed E-state index contributed by atoms with van der Waals surface area (Å²) in [6, 6.07) is 3.45. The lowest BCUT2D eigenvalue weighted by Gasteiger charge is -2.33. The molecule has 1 aromatic heterocycles. The Morgan fingerprint density at radius 3 is 2.75 bits per heavy atom. The molecule has 2 heterocycles. The lowest BCUT2D eigenvalue weighted by molar-refractivity contribution is 0.198. The molecule has 1 aromatic rings. The largest absolute Gasteiger partial charge is 0.354 e. The van der Waals surface area contributed by atoms with Crippen LogP contribution in [0.4, 0.5) is 0 Å². The number of likely N-dealkylation sites (tertiary alicyclic amines) is 1. The first-order chi connectivity index (χ1) is 11.3. The number of hydrogen-bond donors (Lipinski definition) is 2. The van der Waals surface area contributed by atoms with Gasteiger partial charge in [-0.2, -0.15) is 11.3 Å². The van der Waals surface area contributed by atoms with Crippen LogP contribution in [-0.4, -0.2) is 43.1 Å². The second-order valence-corrected chi connectivity index (χ2v) is 7.71. The molecule has 1 saturated heterocycles. The van der Waals surface area contributed by atoms with Gasteiger partial charge in [0.25, 0.3) is 0 Å². The van der Waals surface area contributed by atoms with Crippen molar-refractivity contribution in [3.8, 4) is 0 Å². The number of hydrogen-bond acceptors (Lipinski definition) is 3. The first-order valence-electron chi connectivity index (χ1n) is 9.01. The summed E-state index contributed by atoms with van der Waals surface area (Å²) in [6.07, 6.45) is 6.35. The maximum Gasteiger partial charge on any atom is 0.191 e. The zero-order valence-electron chi connectivity index (χ0n) is 14.8. The Kier molecular flexibility index (Phi) is 8.30. The van der Waals surface area contributed by atoms with E-state index in [2.05, 4.69) is 44.3 Å². The Morgan fingerprint density at radius 1 is 1.33 bits per heavy atom. The van der Waals surface area contributed by atoms with E-state index in [0.717, 1.165) is 18.4 Å². The van der Waals surface area contributed by atoms with Crippen LogP contribution in [0.1, 0.15) is 44.6 Å². The summed E-state index contributed by atoms with van der Waals surface area (Å²) in [5, 5.41) is 11.7. The second-order valence-electron chi connectivity index (χ2n) is 6.93. The van der Waals surface area contributed by atoms with Gasteiger partial charge in [-0.3, -0.25) is 9.89 Å². The van der Waals surface area contributed by atoms with Crippen molar-refractivity contribution in [3.63, 3.8) is 0 Å². The Labute approximate surface area is 167 Å². The summed E-state index contributed by atoms with van der Waals surface area (Å²) in [4.78, 5) is 6.98. The van der Waals surface area contributed by atoms with Gasteiger partial charge in [-0.05, 0) is 54.0 Å². The minimum absolute atomic E-state index is 0. The van der Waals surface area contributed by atoms with Gasteiger partial charge in [0.1, 0.15) is 0 Å². The van der Waals surface area contributed by atoms with Crippen molar-refractivity contribution in [2.24, 2.45) is 10.9 Å². The average Bonchev–Trinajstić information content (AvgIpc) is 3.08. The average molecular weight is 462 g/mol. The normalized spacial score (nSPS) is 25.2. The molecular formula is C18H31IN4S. The van der Waals surface area contributed by atoms with Crippen LogP contribution in [0.3, 0.4) is 0 Å². The van der Waals surface area contributed by atoms with Gasteiger partial charge in [-0.15, -0.1) is 24.0 Å². The molecule has 6 heteroatoms. The number of rotatable bonds is 6. The van der Waals surface area contributed by atoms with Gasteiger partial charge >= 0.3 is 0 Å². The van der Waals surface area contributed by atoms with Crippen molar-refractivity contribution in [1.29, 1.82) is 0 Å². The lowest BCUT2D eigenvalue weighted by atomic mass is 10.0. The highest BCUT2D eigenvalue weighted by Gasteiger charge is 2.36. The molecule has 136 valence electrons. The van der Waals surface area contributed by atoms with Crippen molar-refractivity contribution >= 4 is 41.3 Å².